The zero-order chi connectivity index (χ0) is 16.0. The molecule has 2 amide bonds. The minimum Gasteiger partial charge on any atom is -0.388 e. The van der Waals surface area contributed by atoms with Crippen LogP contribution in [-0.2, 0) is 6.54 Å². The third-order valence-corrected chi connectivity index (χ3v) is 4.06. The topological polar surface area (TPSA) is 79.2 Å². The molecular weight excluding hydrogens is 280 g/mol. The highest BCUT2D eigenvalue weighted by Gasteiger charge is 2.28. The Morgan fingerprint density at radius 2 is 2.05 bits per heavy atom. The first-order chi connectivity index (χ1) is 10.5. The molecule has 0 atom stereocenters. The molecule has 0 unspecified atom stereocenters. The maximum absolute atomic E-state index is 11.9. The maximum atomic E-state index is 11.9. The Morgan fingerprint density at radius 3 is 2.68 bits per heavy atom. The largest absolute Gasteiger partial charge is 0.388 e. The van der Waals surface area contributed by atoms with E-state index in [2.05, 4.69) is 29.6 Å². The lowest BCUT2D eigenvalue weighted by Crippen LogP contribution is -2.44. The summed E-state index contributed by atoms with van der Waals surface area (Å²) in [6.45, 7) is 5.37. The molecule has 0 saturated heterocycles. The third kappa shape index (κ3) is 5.33. The van der Waals surface area contributed by atoms with Crippen LogP contribution >= 0.6 is 0 Å². The Bertz CT molecular complexity index is 476. The van der Waals surface area contributed by atoms with Gasteiger partial charge in [0, 0.05) is 19.3 Å². The van der Waals surface area contributed by atoms with E-state index < -0.39 is 5.60 Å². The van der Waals surface area contributed by atoms with Crippen molar-refractivity contribution in [1.29, 1.82) is 0 Å². The second-order valence-corrected chi connectivity index (χ2v) is 6.79. The van der Waals surface area contributed by atoms with E-state index in [9.17, 15) is 9.90 Å². The summed E-state index contributed by atoms with van der Waals surface area (Å²) >= 11 is 0. The molecule has 1 aliphatic carbocycles. The molecular formula is C16H28N4O2. The molecule has 3 N–H and O–H groups in total. The van der Waals surface area contributed by atoms with E-state index in [0.29, 0.717) is 18.2 Å². The Labute approximate surface area is 132 Å². The summed E-state index contributed by atoms with van der Waals surface area (Å²) in [7, 11) is 0. The van der Waals surface area contributed by atoms with Gasteiger partial charge < -0.3 is 15.7 Å². The zero-order valence-electron chi connectivity index (χ0n) is 13.6. The van der Waals surface area contributed by atoms with Gasteiger partial charge in [-0.15, -0.1) is 0 Å². The number of hydrogen-bond acceptors (Lipinski definition) is 3. The van der Waals surface area contributed by atoms with Crippen LogP contribution in [0.3, 0.4) is 0 Å². The standard InChI is InChI=1S/C16H28N4O2/c1-13(2)10-20-11-14(9-18-20)19-15(21)17-12-16(22)7-5-3-4-6-8-16/h9,11,13,22H,3-8,10,12H2,1-2H3,(H2,17,19,21). The number of aliphatic hydroxyl groups is 1. The minimum atomic E-state index is -0.754. The minimum absolute atomic E-state index is 0.290. The molecule has 1 aromatic rings. The number of nitrogens with zero attached hydrogens (tertiary/aromatic N) is 2. The number of rotatable bonds is 5. The molecule has 0 spiro atoms. The molecule has 1 heterocycles. The molecule has 1 fully saturated rings. The summed E-state index contributed by atoms with van der Waals surface area (Å²) in [5.41, 5.74) is -0.0821. The fourth-order valence-corrected chi connectivity index (χ4v) is 2.89. The molecule has 1 aliphatic rings. The van der Waals surface area contributed by atoms with Crippen LogP contribution in [0.2, 0.25) is 0 Å². The van der Waals surface area contributed by atoms with Crippen molar-refractivity contribution in [2.45, 2.75) is 64.5 Å². The van der Waals surface area contributed by atoms with Gasteiger partial charge in [0.1, 0.15) is 0 Å². The molecule has 0 aliphatic heterocycles. The van der Waals surface area contributed by atoms with E-state index >= 15 is 0 Å². The number of carbonyl (C=O) groups excluding carboxylic acids is 1. The maximum Gasteiger partial charge on any atom is 0.319 e. The average Bonchev–Trinajstić information content (AvgIpc) is 2.75. The van der Waals surface area contributed by atoms with Crippen molar-refractivity contribution < 1.29 is 9.90 Å². The molecule has 6 nitrogen and oxygen atoms in total. The van der Waals surface area contributed by atoms with Crippen LogP contribution in [0.4, 0.5) is 10.5 Å². The normalized spacial score (nSPS) is 18.0. The highest BCUT2D eigenvalue weighted by Crippen LogP contribution is 2.26. The van der Waals surface area contributed by atoms with Crippen LogP contribution in [0, 0.1) is 5.92 Å². The molecule has 22 heavy (non-hydrogen) atoms. The SMILES string of the molecule is CC(C)Cn1cc(NC(=O)NCC2(O)CCCCCC2)cn1. The molecule has 0 bridgehead atoms. The fourth-order valence-electron chi connectivity index (χ4n) is 2.89. The van der Waals surface area contributed by atoms with Gasteiger partial charge in [-0.25, -0.2) is 4.79 Å². The Balaban J connectivity index is 1.78. The average molecular weight is 308 g/mol. The summed E-state index contributed by atoms with van der Waals surface area (Å²) in [6, 6.07) is -0.290. The van der Waals surface area contributed by atoms with Gasteiger partial charge in [-0.2, -0.15) is 5.10 Å². The van der Waals surface area contributed by atoms with Crippen molar-refractivity contribution in [3.8, 4) is 0 Å². The van der Waals surface area contributed by atoms with Gasteiger partial charge in [0.05, 0.1) is 17.5 Å². The van der Waals surface area contributed by atoms with Crippen molar-refractivity contribution in [3.63, 3.8) is 0 Å². The monoisotopic (exact) mass is 308 g/mol. The van der Waals surface area contributed by atoms with Crippen LogP contribution < -0.4 is 10.6 Å². The van der Waals surface area contributed by atoms with Crippen molar-refractivity contribution in [2.75, 3.05) is 11.9 Å². The molecule has 0 radical (unpaired) electrons. The van der Waals surface area contributed by atoms with Crippen LogP contribution in [0.5, 0.6) is 0 Å². The first-order valence-corrected chi connectivity index (χ1v) is 8.26. The summed E-state index contributed by atoms with van der Waals surface area (Å²) in [6.07, 6.45) is 9.39. The van der Waals surface area contributed by atoms with Crippen molar-refractivity contribution in [1.82, 2.24) is 15.1 Å². The molecule has 124 valence electrons. The number of urea groups is 1. The Kier molecular flexibility index (Phi) is 5.83. The smallest absolute Gasteiger partial charge is 0.319 e. The highest BCUT2D eigenvalue weighted by molar-refractivity contribution is 5.88. The van der Waals surface area contributed by atoms with Crippen LogP contribution in [0.1, 0.15) is 52.4 Å². The Morgan fingerprint density at radius 1 is 1.36 bits per heavy atom. The first-order valence-electron chi connectivity index (χ1n) is 8.26. The van der Waals surface area contributed by atoms with Gasteiger partial charge in [-0.05, 0) is 18.8 Å². The van der Waals surface area contributed by atoms with E-state index in [0.717, 1.165) is 32.2 Å². The zero-order valence-corrected chi connectivity index (χ0v) is 13.6. The van der Waals surface area contributed by atoms with Crippen LogP contribution in [0.25, 0.3) is 0 Å². The summed E-state index contributed by atoms with van der Waals surface area (Å²) < 4.78 is 1.82. The van der Waals surface area contributed by atoms with Gasteiger partial charge in [0.25, 0.3) is 0 Å². The van der Waals surface area contributed by atoms with Crippen molar-refractivity contribution in [3.05, 3.63) is 12.4 Å². The number of hydrogen-bond donors (Lipinski definition) is 3. The second kappa shape index (κ2) is 7.63. The first kappa shape index (κ1) is 16.8. The summed E-state index contributed by atoms with van der Waals surface area (Å²) in [4.78, 5) is 11.9. The second-order valence-electron chi connectivity index (χ2n) is 6.79. The molecule has 2 rings (SSSR count). The number of nitrogens with one attached hydrogen (secondary N) is 2. The number of aromatic nitrogens is 2. The predicted octanol–water partition coefficient (Wildman–Crippen LogP) is 2.75. The van der Waals surface area contributed by atoms with Gasteiger partial charge in [0.2, 0.25) is 0 Å². The Hall–Kier alpha value is -1.56. The van der Waals surface area contributed by atoms with Gasteiger partial charge in [-0.1, -0.05) is 39.5 Å². The lowest BCUT2D eigenvalue weighted by molar-refractivity contribution is 0.0281. The molecule has 6 heteroatoms. The summed E-state index contributed by atoms with van der Waals surface area (Å²) in [5.74, 6) is 0.506. The number of carbonyl (C=O) groups is 1. The number of amides is 2. The van der Waals surface area contributed by atoms with E-state index in [1.165, 1.54) is 12.8 Å². The van der Waals surface area contributed by atoms with E-state index in [4.69, 9.17) is 0 Å². The van der Waals surface area contributed by atoms with Crippen LogP contribution in [0.15, 0.2) is 12.4 Å². The lowest BCUT2D eigenvalue weighted by atomic mass is 9.95. The lowest BCUT2D eigenvalue weighted by Gasteiger charge is -2.26. The van der Waals surface area contributed by atoms with E-state index in [1.807, 2.05) is 10.9 Å². The van der Waals surface area contributed by atoms with Gasteiger partial charge in [-0.3, -0.25) is 4.68 Å². The molecule has 0 aromatic carbocycles. The van der Waals surface area contributed by atoms with Crippen LogP contribution in [-0.4, -0.2) is 33.1 Å². The summed E-state index contributed by atoms with van der Waals surface area (Å²) in [5, 5.41) is 20.3. The highest BCUT2D eigenvalue weighted by atomic mass is 16.3. The van der Waals surface area contributed by atoms with E-state index in [1.54, 1.807) is 6.20 Å². The van der Waals surface area contributed by atoms with Gasteiger partial charge >= 0.3 is 6.03 Å². The molecule has 1 aromatic heterocycles. The van der Waals surface area contributed by atoms with Crippen molar-refractivity contribution >= 4 is 11.7 Å². The fraction of sp³-hybridized carbons (Fsp3) is 0.750. The third-order valence-electron chi connectivity index (χ3n) is 4.06. The van der Waals surface area contributed by atoms with Crippen molar-refractivity contribution in [2.24, 2.45) is 5.92 Å². The molecule has 1 saturated carbocycles. The quantitative estimate of drug-likeness (QED) is 0.732. The van der Waals surface area contributed by atoms with Gasteiger partial charge in [0.15, 0.2) is 0 Å². The number of anilines is 1. The predicted molar refractivity (Wildman–Crippen MR) is 86.7 cm³/mol. The van der Waals surface area contributed by atoms with E-state index in [-0.39, 0.29) is 6.03 Å².